The Morgan fingerprint density at radius 2 is 1.88 bits per heavy atom. The molecule has 1 aromatic heterocycles. The van der Waals surface area contributed by atoms with E-state index < -0.39 is 12.0 Å². The third-order valence-electron chi connectivity index (χ3n) is 4.55. The van der Waals surface area contributed by atoms with E-state index in [-0.39, 0.29) is 11.7 Å². The minimum Gasteiger partial charge on any atom is -0.480 e. The van der Waals surface area contributed by atoms with Crippen LogP contribution in [0.5, 0.6) is 0 Å². The summed E-state index contributed by atoms with van der Waals surface area (Å²) in [6.07, 6.45) is 1.18. The SMILES string of the molecule is Cc1cc(C(=O)N2CCCC2C(=O)O)c(C)n1-c1ccc(F)cc1. The maximum Gasteiger partial charge on any atom is 0.326 e. The highest BCUT2D eigenvalue weighted by Crippen LogP contribution is 2.26. The number of aliphatic carboxylic acids is 1. The number of aryl methyl sites for hydroxylation is 1. The Balaban J connectivity index is 1.98. The number of carbonyl (C=O) groups excluding carboxylic acids is 1. The molecule has 2 heterocycles. The Hall–Kier alpha value is -2.63. The Labute approximate surface area is 139 Å². The quantitative estimate of drug-likeness (QED) is 0.941. The van der Waals surface area contributed by atoms with Crippen molar-refractivity contribution in [3.63, 3.8) is 0 Å². The highest BCUT2D eigenvalue weighted by Gasteiger charge is 2.35. The molecule has 1 aliphatic heterocycles. The van der Waals surface area contributed by atoms with Gasteiger partial charge in [-0.2, -0.15) is 0 Å². The molecule has 1 atom stereocenters. The van der Waals surface area contributed by atoms with Crippen molar-refractivity contribution >= 4 is 11.9 Å². The van der Waals surface area contributed by atoms with E-state index >= 15 is 0 Å². The summed E-state index contributed by atoms with van der Waals surface area (Å²) < 4.78 is 15.0. The van der Waals surface area contributed by atoms with Gasteiger partial charge in [0.2, 0.25) is 0 Å². The van der Waals surface area contributed by atoms with Crippen molar-refractivity contribution in [1.29, 1.82) is 0 Å². The first-order chi connectivity index (χ1) is 11.4. The normalized spacial score (nSPS) is 17.3. The minimum absolute atomic E-state index is 0.263. The number of amides is 1. The second-order valence-electron chi connectivity index (χ2n) is 6.09. The molecule has 0 radical (unpaired) electrons. The van der Waals surface area contributed by atoms with Crippen LogP contribution in [-0.2, 0) is 4.79 Å². The number of hydrogen-bond acceptors (Lipinski definition) is 2. The Bertz CT molecular complexity index is 795. The summed E-state index contributed by atoms with van der Waals surface area (Å²) >= 11 is 0. The van der Waals surface area contributed by atoms with Crippen LogP contribution in [0, 0.1) is 19.7 Å². The molecule has 1 aliphatic rings. The lowest BCUT2D eigenvalue weighted by molar-refractivity contribution is -0.141. The van der Waals surface area contributed by atoms with E-state index in [0.29, 0.717) is 24.9 Å². The smallest absolute Gasteiger partial charge is 0.326 e. The third kappa shape index (κ3) is 2.68. The molecule has 1 unspecified atom stereocenters. The van der Waals surface area contributed by atoms with Crippen molar-refractivity contribution in [3.8, 4) is 5.69 Å². The predicted octanol–water partition coefficient (Wildman–Crippen LogP) is 2.92. The molecular formula is C18H19FN2O3. The van der Waals surface area contributed by atoms with E-state index in [1.807, 2.05) is 18.4 Å². The average molecular weight is 330 g/mol. The number of benzene rings is 1. The number of likely N-dealkylation sites (tertiary alicyclic amines) is 1. The molecule has 0 bridgehead atoms. The van der Waals surface area contributed by atoms with Gasteiger partial charge in [0.05, 0.1) is 5.56 Å². The van der Waals surface area contributed by atoms with Gasteiger partial charge in [0.25, 0.3) is 5.91 Å². The van der Waals surface area contributed by atoms with Crippen molar-refractivity contribution in [2.24, 2.45) is 0 Å². The summed E-state index contributed by atoms with van der Waals surface area (Å²) in [6, 6.07) is 7.05. The number of nitrogens with zero attached hydrogens (tertiary/aromatic N) is 2. The van der Waals surface area contributed by atoms with Crippen molar-refractivity contribution in [2.75, 3.05) is 6.54 Å². The standard InChI is InChI=1S/C18H19FN2O3/c1-11-10-15(17(22)20-9-3-4-16(20)18(23)24)12(2)21(11)14-7-5-13(19)6-8-14/h5-8,10,16H,3-4,9H2,1-2H3,(H,23,24). The van der Waals surface area contributed by atoms with Crippen LogP contribution >= 0.6 is 0 Å². The molecule has 0 spiro atoms. The van der Waals surface area contributed by atoms with Crippen LogP contribution in [0.25, 0.3) is 5.69 Å². The average Bonchev–Trinajstić information content (AvgIpc) is 3.13. The fourth-order valence-corrected chi connectivity index (χ4v) is 3.39. The minimum atomic E-state index is -0.965. The van der Waals surface area contributed by atoms with Crippen LogP contribution in [0.3, 0.4) is 0 Å². The second kappa shape index (κ2) is 6.11. The molecule has 126 valence electrons. The van der Waals surface area contributed by atoms with E-state index in [0.717, 1.165) is 17.1 Å². The molecule has 1 aromatic carbocycles. The zero-order valence-corrected chi connectivity index (χ0v) is 13.6. The van der Waals surface area contributed by atoms with Crippen molar-refractivity contribution in [2.45, 2.75) is 32.7 Å². The van der Waals surface area contributed by atoms with Gasteiger partial charge in [-0.25, -0.2) is 9.18 Å². The fourth-order valence-electron chi connectivity index (χ4n) is 3.39. The number of rotatable bonds is 3. The van der Waals surface area contributed by atoms with E-state index in [1.54, 1.807) is 18.2 Å². The molecule has 6 heteroatoms. The number of carbonyl (C=O) groups is 2. The first-order valence-corrected chi connectivity index (χ1v) is 7.89. The summed E-state index contributed by atoms with van der Waals surface area (Å²) in [6.45, 7) is 4.14. The molecule has 24 heavy (non-hydrogen) atoms. The second-order valence-corrected chi connectivity index (χ2v) is 6.09. The molecule has 1 amide bonds. The van der Waals surface area contributed by atoms with Gasteiger partial charge in [0.1, 0.15) is 11.9 Å². The summed E-state index contributed by atoms with van der Waals surface area (Å²) in [5.74, 6) is -1.55. The van der Waals surface area contributed by atoms with Gasteiger partial charge in [0.15, 0.2) is 0 Å². The lowest BCUT2D eigenvalue weighted by Crippen LogP contribution is -2.40. The largest absolute Gasteiger partial charge is 0.480 e. The number of halogens is 1. The van der Waals surface area contributed by atoms with Gasteiger partial charge in [-0.1, -0.05) is 0 Å². The van der Waals surface area contributed by atoms with Crippen molar-refractivity contribution < 1.29 is 19.1 Å². The molecule has 2 aromatic rings. The van der Waals surface area contributed by atoms with Gasteiger partial charge in [-0.3, -0.25) is 4.79 Å². The van der Waals surface area contributed by atoms with E-state index in [2.05, 4.69) is 0 Å². The molecule has 1 N–H and O–H groups in total. The molecule has 5 nitrogen and oxygen atoms in total. The van der Waals surface area contributed by atoms with Crippen LogP contribution in [0.4, 0.5) is 4.39 Å². The molecule has 3 rings (SSSR count). The molecule has 1 fully saturated rings. The fraction of sp³-hybridized carbons (Fsp3) is 0.333. The highest BCUT2D eigenvalue weighted by molar-refractivity contribution is 5.98. The van der Waals surface area contributed by atoms with E-state index in [9.17, 15) is 19.1 Å². The van der Waals surface area contributed by atoms with Crippen LogP contribution < -0.4 is 0 Å². The van der Waals surface area contributed by atoms with E-state index in [1.165, 1.54) is 17.0 Å². The van der Waals surface area contributed by atoms with Gasteiger partial charge in [-0.15, -0.1) is 0 Å². The first kappa shape index (κ1) is 16.2. The molecule has 0 aliphatic carbocycles. The summed E-state index contributed by atoms with van der Waals surface area (Å²) in [5.41, 5.74) is 2.82. The highest BCUT2D eigenvalue weighted by atomic mass is 19.1. The maximum atomic E-state index is 13.1. The third-order valence-corrected chi connectivity index (χ3v) is 4.55. The van der Waals surface area contributed by atoms with Crippen LogP contribution in [0.1, 0.15) is 34.6 Å². The number of carboxylic acids is 1. The molecule has 0 saturated carbocycles. The van der Waals surface area contributed by atoms with E-state index in [4.69, 9.17) is 0 Å². The zero-order chi connectivity index (χ0) is 17.4. The monoisotopic (exact) mass is 330 g/mol. The predicted molar refractivity (Wildman–Crippen MR) is 86.9 cm³/mol. The lowest BCUT2D eigenvalue weighted by atomic mass is 10.2. The Morgan fingerprint density at radius 1 is 1.21 bits per heavy atom. The zero-order valence-electron chi connectivity index (χ0n) is 13.6. The topological polar surface area (TPSA) is 62.5 Å². The first-order valence-electron chi connectivity index (χ1n) is 7.89. The van der Waals surface area contributed by atoms with Crippen LogP contribution in [0.15, 0.2) is 30.3 Å². The van der Waals surface area contributed by atoms with Crippen LogP contribution in [-0.4, -0.2) is 39.0 Å². The van der Waals surface area contributed by atoms with Crippen molar-refractivity contribution in [1.82, 2.24) is 9.47 Å². The lowest BCUT2D eigenvalue weighted by Gasteiger charge is -2.21. The number of hydrogen-bond donors (Lipinski definition) is 1. The van der Waals surface area contributed by atoms with Crippen molar-refractivity contribution in [3.05, 3.63) is 53.1 Å². The number of aromatic nitrogens is 1. The van der Waals surface area contributed by atoms with Gasteiger partial charge < -0.3 is 14.6 Å². The Morgan fingerprint density at radius 3 is 2.50 bits per heavy atom. The van der Waals surface area contributed by atoms with Gasteiger partial charge >= 0.3 is 5.97 Å². The van der Waals surface area contributed by atoms with Gasteiger partial charge in [0, 0.05) is 23.6 Å². The summed E-state index contributed by atoms with van der Waals surface area (Å²) in [5, 5.41) is 9.28. The molecular weight excluding hydrogens is 311 g/mol. The Kier molecular flexibility index (Phi) is 4.13. The van der Waals surface area contributed by atoms with Gasteiger partial charge in [-0.05, 0) is 57.0 Å². The summed E-state index contributed by atoms with van der Waals surface area (Å²) in [4.78, 5) is 25.6. The number of carboxylic acid groups (broad SMARTS) is 1. The summed E-state index contributed by atoms with van der Waals surface area (Å²) in [7, 11) is 0. The van der Waals surface area contributed by atoms with Crippen LogP contribution in [0.2, 0.25) is 0 Å². The maximum absolute atomic E-state index is 13.1. The molecule has 1 saturated heterocycles.